The van der Waals surface area contributed by atoms with Crippen LogP contribution in [-0.4, -0.2) is 65.4 Å². The van der Waals surface area contributed by atoms with Gasteiger partial charge in [-0.1, -0.05) is 29.8 Å². The summed E-state index contributed by atoms with van der Waals surface area (Å²) in [6.45, 7) is 7.37. The summed E-state index contributed by atoms with van der Waals surface area (Å²) in [5, 5.41) is 15.3. The van der Waals surface area contributed by atoms with Gasteiger partial charge >= 0.3 is 0 Å². The first-order chi connectivity index (χ1) is 17.0. The van der Waals surface area contributed by atoms with E-state index in [1.54, 1.807) is 0 Å². The molecule has 5 rings (SSSR count). The number of ether oxygens (including phenoxy) is 1. The van der Waals surface area contributed by atoms with Crippen molar-refractivity contribution in [1.29, 1.82) is 0 Å². The highest BCUT2D eigenvalue weighted by Gasteiger charge is 2.21. The van der Waals surface area contributed by atoms with Gasteiger partial charge in [0.25, 0.3) is 0 Å². The summed E-state index contributed by atoms with van der Waals surface area (Å²) in [4.78, 5) is 4.93. The molecule has 1 N–H and O–H groups in total. The number of aryl methyl sites for hydroxylation is 1. The fourth-order valence-electron chi connectivity index (χ4n) is 5.25. The summed E-state index contributed by atoms with van der Waals surface area (Å²) in [5.41, 5.74) is 2.27. The van der Waals surface area contributed by atoms with Gasteiger partial charge in [-0.05, 0) is 82.4 Å². The molecule has 2 saturated heterocycles. The van der Waals surface area contributed by atoms with E-state index in [1.807, 2.05) is 25.1 Å². The van der Waals surface area contributed by atoms with Crippen LogP contribution in [0.5, 0.6) is 5.75 Å². The smallest absolute Gasteiger partial charge is 0.156 e. The fraction of sp³-hybridized carbons (Fsp3) is 0.500. The Hall–Kier alpha value is -2.41. The fourth-order valence-corrected chi connectivity index (χ4v) is 5.42. The second-order valence-electron chi connectivity index (χ2n) is 10.1. The Labute approximate surface area is 213 Å². The van der Waals surface area contributed by atoms with Crippen molar-refractivity contribution in [2.45, 2.75) is 57.7 Å². The molecule has 2 aliphatic rings. The van der Waals surface area contributed by atoms with Gasteiger partial charge in [0.2, 0.25) is 0 Å². The maximum Gasteiger partial charge on any atom is 0.156 e. The minimum Gasteiger partial charge on any atom is -0.490 e. The second kappa shape index (κ2) is 11.1. The van der Waals surface area contributed by atoms with Gasteiger partial charge in [-0.15, -0.1) is 5.10 Å². The zero-order chi connectivity index (χ0) is 24.2. The molecule has 1 atom stereocenters. The van der Waals surface area contributed by atoms with Crippen molar-refractivity contribution >= 4 is 28.2 Å². The molecule has 3 heterocycles. The molecular formula is C28H36ClN5O. The molecule has 35 heavy (non-hydrogen) atoms. The van der Waals surface area contributed by atoms with Crippen molar-refractivity contribution < 1.29 is 4.74 Å². The molecule has 2 aliphatic heterocycles. The standard InChI is InChI=1S/C28H36ClN5O/c1-20-26-10-7-22(29)18-27(26)28(32-31-20)30-23-11-16-34(17-12-23)19-21-5-8-25(9-6-21)35-24-4-3-14-33(2)15-13-24/h5-10,18,23-24H,3-4,11-17,19H2,1-2H3,(H,30,32). The van der Waals surface area contributed by atoms with E-state index in [-0.39, 0.29) is 0 Å². The zero-order valence-corrected chi connectivity index (χ0v) is 21.6. The molecule has 186 valence electrons. The Kier molecular flexibility index (Phi) is 7.71. The molecule has 1 unspecified atom stereocenters. The predicted octanol–water partition coefficient (Wildman–Crippen LogP) is 5.53. The number of anilines is 1. The molecule has 0 spiro atoms. The highest BCUT2D eigenvalue weighted by Crippen LogP contribution is 2.28. The predicted molar refractivity (Wildman–Crippen MR) is 143 cm³/mol. The number of benzene rings is 2. The van der Waals surface area contributed by atoms with Crippen molar-refractivity contribution in [2.24, 2.45) is 0 Å². The number of hydrogen-bond donors (Lipinski definition) is 1. The molecule has 0 radical (unpaired) electrons. The van der Waals surface area contributed by atoms with Crippen molar-refractivity contribution in [3.05, 3.63) is 58.7 Å². The molecule has 2 fully saturated rings. The Morgan fingerprint density at radius 3 is 2.54 bits per heavy atom. The van der Waals surface area contributed by atoms with E-state index in [0.29, 0.717) is 12.1 Å². The lowest BCUT2D eigenvalue weighted by Crippen LogP contribution is -2.38. The average molecular weight is 494 g/mol. The quantitative estimate of drug-likeness (QED) is 0.487. The lowest BCUT2D eigenvalue weighted by Gasteiger charge is -2.32. The topological polar surface area (TPSA) is 53.5 Å². The molecular weight excluding hydrogens is 458 g/mol. The number of nitrogens with zero attached hydrogens (tertiary/aromatic N) is 4. The summed E-state index contributed by atoms with van der Waals surface area (Å²) in [6.07, 6.45) is 5.96. The first-order valence-corrected chi connectivity index (χ1v) is 13.3. The van der Waals surface area contributed by atoms with E-state index in [0.717, 1.165) is 84.9 Å². The van der Waals surface area contributed by atoms with Gasteiger partial charge in [0.15, 0.2) is 5.82 Å². The van der Waals surface area contributed by atoms with Crippen LogP contribution in [0.1, 0.15) is 43.4 Å². The summed E-state index contributed by atoms with van der Waals surface area (Å²) >= 11 is 6.26. The van der Waals surface area contributed by atoms with Crippen LogP contribution in [0, 0.1) is 6.92 Å². The van der Waals surface area contributed by atoms with Crippen molar-refractivity contribution in [3.8, 4) is 5.75 Å². The van der Waals surface area contributed by atoms with Crippen molar-refractivity contribution in [1.82, 2.24) is 20.0 Å². The molecule has 6 nitrogen and oxygen atoms in total. The number of piperidine rings is 1. The molecule has 7 heteroatoms. The molecule has 0 bridgehead atoms. The Bertz CT molecular complexity index is 1130. The van der Waals surface area contributed by atoms with Crippen LogP contribution in [0.4, 0.5) is 5.82 Å². The van der Waals surface area contributed by atoms with E-state index in [4.69, 9.17) is 16.3 Å². The van der Waals surface area contributed by atoms with Crippen LogP contribution in [0.15, 0.2) is 42.5 Å². The minimum absolute atomic E-state index is 0.337. The maximum absolute atomic E-state index is 6.28. The highest BCUT2D eigenvalue weighted by molar-refractivity contribution is 6.31. The SMILES string of the molecule is Cc1nnc(NC2CCN(Cc3ccc(OC4CCCN(C)CC4)cc3)CC2)c2cc(Cl)ccc12. The summed E-state index contributed by atoms with van der Waals surface area (Å²) in [6, 6.07) is 15.0. The van der Waals surface area contributed by atoms with Gasteiger partial charge < -0.3 is 15.0 Å². The van der Waals surface area contributed by atoms with Gasteiger partial charge in [0.05, 0.1) is 11.8 Å². The van der Waals surface area contributed by atoms with Crippen molar-refractivity contribution in [2.75, 3.05) is 38.5 Å². The number of likely N-dealkylation sites (tertiary alicyclic amines) is 2. The van der Waals surface area contributed by atoms with E-state index < -0.39 is 0 Å². The van der Waals surface area contributed by atoms with Gasteiger partial charge in [0, 0.05) is 48.0 Å². The lowest BCUT2D eigenvalue weighted by molar-refractivity contribution is 0.183. The van der Waals surface area contributed by atoms with Crippen LogP contribution in [0.2, 0.25) is 5.02 Å². The molecule has 0 amide bonds. The van der Waals surface area contributed by atoms with E-state index in [2.05, 4.69) is 56.6 Å². The third-order valence-corrected chi connectivity index (χ3v) is 7.62. The number of aromatic nitrogens is 2. The number of rotatable bonds is 6. The molecule has 2 aromatic carbocycles. The van der Waals surface area contributed by atoms with Crippen LogP contribution < -0.4 is 10.1 Å². The van der Waals surface area contributed by atoms with Gasteiger partial charge in [-0.25, -0.2) is 0 Å². The first kappa shape index (κ1) is 24.3. The normalized spacial score (nSPS) is 20.6. The molecule has 0 saturated carbocycles. The zero-order valence-electron chi connectivity index (χ0n) is 20.8. The Morgan fingerprint density at radius 1 is 0.943 bits per heavy atom. The minimum atomic E-state index is 0.337. The third kappa shape index (κ3) is 6.24. The van der Waals surface area contributed by atoms with E-state index in [1.165, 1.54) is 18.5 Å². The third-order valence-electron chi connectivity index (χ3n) is 7.39. The van der Waals surface area contributed by atoms with Gasteiger partial charge in [0.1, 0.15) is 5.75 Å². The van der Waals surface area contributed by atoms with Gasteiger partial charge in [-0.2, -0.15) is 5.10 Å². The Morgan fingerprint density at radius 2 is 1.74 bits per heavy atom. The molecule has 1 aromatic heterocycles. The first-order valence-electron chi connectivity index (χ1n) is 12.9. The van der Waals surface area contributed by atoms with Crippen LogP contribution in [0.3, 0.4) is 0 Å². The summed E-state index contributed by atoms with van der Waals surface area (Å²) in [5.74, 6) is 1.83. The number of fused-ring (bicyclic) bond motifs is 1. The summed E-state index contributed by atoms with van der Waals surface area (Å²) < 4.78 is 6.28. The highest BCUT2D eigenvalue weighted by atomic mass is 35.5. The van der Waals surface area contributed by atoms with Crippen LogP contribution in [-0.2, 0) is 6.54 Å². The average Bonchev–Trinajstić information content (AvgIpc) is 3.07. The number of nitrogens with one attached hydrogen (secondary N) is 1. The van der Waals surface area contributed by atoms with Gasteiger partial charge in [-0.3, -0.25) is 4.90 Å². The van der Waals surface area contributed by atoms with Crippen LogP contribution >= 0.6 is 11.6 Å². The monoisotopic (exact) mass is 493 g/mol. The lowest BCUT2D eigenvalue weighted by atomic mass is 10.0. The second-order valence-corrected chi connectivity index (χ2v) is 10.6. The van der Waals surface area contributed by atoms with Crippen LogP contribution in [0.25, 0.3) is 10.8 Å². The van der Waals surface area contributed by atoms with E-state index in [9.17, 15) is 0 Å². The Balaban J connectivity index is 1.12. The summed E-state index contributed by atoms with van der Waals surface area (Å²) in [7, 11) is 2.20. The number of halogens is 1. The maximum atomic E-state index is 6.28. The van der Waals surface area contributed by atoms with Crippen molar-refractivity contribution in [3.63, 3.8) is 0 Å². The molecule has 0 aliphatic carbocycles. The molecule has 3 aromatic rings. The van der Waals surface area contributed by atoms with E-state index >= 15 is 0 Å². The number of hydrogen-bond acceptors (Lipinski definition) is 6. The largest absolute Gasteiger partial charge is 0.490 e.